The molecule has 3 aromatic rings. The molecule has 9 heteroatoms. The summed E-state index contributed by atoms with van der Waals surface area (Å²) in [7, 11) is 0. The number of ether oxygens (including phenoxy) is 1. The summed E-state index contributed by atoms with van der Waals surface area (Å²) in [5.41, 5.74) is 0.716. The summed E-state index contributed by atoms with van der Waals surface area (Å²) in [5.74, 6) is -0.452. The number of nitrogens with zero attached hydrogens (tertiary/aromatic N) is 3. The van der Waals surface area contributed by atoms with E-state index in [1.807, 2.05) is 0 Å². The average molecular weight is 413 g/mol. The summed E-state index contributed by atoms with van der Waals surface area (Å²) in [4.78, 5) is 40.7. The maximum atomic E-state index is 13.0. The number of hydrogen-bond donors (Lipinski definition) is 0. The van der Waals surface area contributed by atoms with E-state index in [1.54, 1.807) is 17.5 Å². The van der Waals surface area contributed by atoms with Crippen LogP contribution >= 0.6 is 11.3 Å². The van der Waals surface area contributed by atoms with E-state index in [0.717, 1.165) is 32.1 Å². The highest BCUT2D eigenvalue weighted by molar-refractivity contribution is 7.17. The second-order valence-electron chi connectivity index (χ2n) is 7.06. The molecule has 0 aliphatic heterocycles. The van der Waals surface area contributed by atoms with Crippen molar-refractivity contribution in [3.8, 4) is 11.1 Å². The number of hydrogen-bond acceptors (Lipinski definition) is 7. The molecule has 0 atom stereocenters. The molecular formula is C20H19N3O5S. The van der Waals surface area contributed by atoms with Crippen molar-refractivity contribution >= 4 is 33.2 Å². The maximum Gasteiger partial charge on any atom is 0.326 e. The highest BCUT2D eigenvalue weighted by Gasteiger charge is 2.20. The van der Waals surface area contributed by atoms with Crippen LogP contribution in [0.5, 0.6) is 0 Å². The van der Waals surface area contributed by atoms with Crippen LogP contribution in [-0.4, -0.2) is 26.5 Å². The topological polar surface area (TPSA) is 104 Å². The normalized spacial score (nSPS) is 14.8. The Morgan fingerprint density at radius 2 is 2.10 bits per heavy atom. The average Bonchev–Trinajstić information content (AvgIpc) is 3.16. The molecule has 1 aliphatic carbocycles. The van der Waals surface area contributed by atoms with E-state index in [1.165, 1.54) is 34.4 Å². The van der Waals surface area contributed by atoms with E-state index in [-0.39, 0.29) is 23.9 Å². The monoisotopic (exact) mass is 413 g/mol. The number of carbonyl (C=O) groups is 1. The zero-order valence-corrected chi connectivity index (χ0v) is 16.4. The van der Waals surface area contributed by atoms with Crippen molar-refractivity contribution in [3.05, 3.63) is 56.4 Å². The molecule has 0 amide bonds. The Morgan fingerprint density at radius 3 is 2.86 bits per heavy atom. The molecule has 150 valence electrons. The Hall–Kier alpha value is -3.07. The molecule has 0 radical (unpaired) electrons. The van der Waals surface area contributed by atoms with Crippen molar-refractivity contribution < 1.29 is 14.5 Å². The number of esters is 1. The summed E-state index contributed by atoms with van der Waals surface area (Å²) < 4.78 is 6.74. The van der Waals surface area contributed by atoms with Gasteiger partial charge in [-0.25, -0.2) is 4.98 Å². The fourth-order valence-electron chi connectivity index (χ4n) is 3.62. The molecular weight excluding hydrogens is 394 g/mol. The van der Waals surface area contributed by atoms with Crippen molar-refractivity contribution in [2.45, 2.75) is 44.8 Å². The summed E-state index contributed by atoms with van der Waals surface area (Å²) in [6.45, 7) is -0.206. The Bertz CT molecular complexity index is 1130. The zero-order valence-electron chi connectivity index (χ0n) is 15.6. The second-order valence-corrected chi connectivity index (χ2v) is 7.92. The Morgan fingerprint density at radius 1 is 1.31 bits per heavy atom. The van der Waals surface area contributed by atoms with Crippen molar-refractivity contribution in [3.63, 3.8) is 0 Å². The van der Waals surface area contributed by atoms with Crippen LogP contribution in [-0.2, 0) is 16.1 Å². The highest BCUT2D eigenvalue weighted by atomic mass is 32.1. The smallest absolute Gasteiger partial charge is 0.326 e. The number of aromatic nitrogens is 2. The summed E-state index contributed by atoms with van der Waals surface area (Å²) in [5, 5.41) is 13.2. The van der Waals surface area contributed by atoms with Crippen LogP contribution in [0.3, 0.4) is 0 Å². The number of benzene rings is 1. The summed E-state index contributed by atoms with van der Waals surface area (Å²) in [6.07, 6.45) is 6.25. The van der Waals surface area contributed by atoms with Crippen molar-refractivity contribution in [1.82, 2.24) is 9.55 Å². The van der Waals surface area contributed by atoms with Crippen LogP contribution in [0.1, 0.15) is 32.1 Å². The SMILES string of the molecule is O=C(Cn1cnc2scc(-c3cccc([N+](=O)[O-])c3)c2c1=O)OC1CCCCC1. The van der Waals surface area contributed by atoms with Gasteiger partial charge >= 0.3 is 5.97 Å². The first kappa shape index (κ1) is 19.3. The van der Waals surface area contributed by atoms with E-state index in [4.69, 9.17) is 4.74 Å². The molecule has 8 nitrogen and oxygen atoms in total. The van der Waals surface area contributed by atoms with E-state index in [0.29, 0.717) is 21.3 Å². The fourth-order valence-corrected chi connectivity index (χ4v) is 4.53. The van der Waals surface area contributed by atoms with Crippen molar-refractivity contribution in [2.75, 3.05) is 0 Å². The predicted octanol–water partition coefficient (Wildman–Crippen LogP) is 3.91. The minimum absolute atomic E-state index is 0.0536. The van der Waals surface area contributed by atoms with Gasteiger partial charge in [-0.05, 0) is 31.2 Å². The van der Waals surface area contributed by atoms with E-state index >= 15 is 0 Å². The Labute approximate surface area is 169 Å². The molecule has 0 bridgehead atoms. The van der Waals surface area contributed by atoms with Gasteiger partial charge in [-0.2, -0.15) is 0 Å². The summed E-state index contributed by atoms with van der Waals surface area (Å²) in [6, 6.07) is 6.11. The zero-order chi connectivity index (χ0) is 20.4. The minimum atomic E-state index is -0.476. The number of fused-ring (bicyclic) bond motifs is 1. The molecule has 1 saturated carbocycles. The van der Waals surface area contributed by atoms with Gasteiger partial charge in [0.05, 0.1) is 16.6 Å². The number of nitro groups is 1. The Balaban J connectivity index is 1.64. The lowest BCUT2D eigenvalue weighted by Crippen LogP contribution is -2.28. The van der Waals surface area contributed by atoms with Gasteiger partial charge < -0.3 is 4.74 Å². The van der Waals surface area contributed by atoms with Gasteiger partial charge in [-0.1, -0.05) is 18.6 Å². The van der Waals surface area contributed by atoms with Gasteiger partial charge in [0.15, 0.2) is 0 Å². The second kappa shape index (κ2) is 8.12. The summed E-state index contributed by atoms with van der Waals surface area (Å²) >= 11 is 1.28. The van der Waals surface area contributed by atoms with Gasteiger partial charge in [-0.15, -0.1) is 11.3 Å². The lowest BCUT2D eigenvalue weighted by Gasteiger charge is -2.21. The molecule has 1 aromatic carbocycles. The lowest BCUT2D eigenvalue weighted by molar-refractivity contribution is -0.384. The standard InChI is InChI=1S/C20H19N3O5S/c24-17(28-15-7-2-1-3-8-15)10-22-12-21-19-18(20(22)25)16(11-29-19)13-5-4-6-14(9-13)23(26)27/h4-6,9,11-12,15H,1-3,7-8,10H2. The third kappa shape index (κ3) is 4.04. The first-order valence-corrected chi connectivity index (χ1v) is 10.3. The maximum absolute atomic E-state index is 13.0. The molecule has 0 saturated heterocycles. The molecule has 1 fully saturated rings. The largest absolute Gasteiger partial charge is 0.461 e. The molecule has 4 rings (SSSR count). The van der Waals surface area contributed by atoms with E-state index < -0.39 is 10.9 Å². The van der Waals surface area contributed by atoms with Gasteiger partial charge in [0.1, 0.15) is 17.5 Å². The molecule has 29 heavy (non-hydrogen) atoms. The third-order valence-corrected chi connectivity index (χ3v) is 5.96. The number of non-ortho nitro benzene ring substituents is 1. The van der Waals surface area contributed by atoms with Crippen LogP contribution in [0.15, 0.2) is 40.8 Å². The molecule has 0 unspecified atom stereocenters. The van der Waals surface area contributed by atoms with Crippen LogP contribution in [0, 0.1) is 10.1 Å². The molecule has 0 N–H and O–H groups in total. The van der Waals surface area contributed by atoms with Gasteiger partial charge in [0.2, 0.25) is 0 Å². The highest BCUT2D eigenvalue weighted by Crippen LogP contribution is 2.32. The fraction of sp³-hybridized carbons (Fsp3) is 0.350. The number of rotatable bonds is 5. The predicted molar refractivity (Wildman–Crippen MR) is 109 cm³/mol. The van der Waals surface area contributed by atoms with Crippen molar-refractivity contribution in [1.29, 1.82) is 0 Å². The molecule has 2 aromatic heterocycles. The third-order valence-electron chi connectivity index (χ3n) is 5.08. The van der Waals surface area contributed by atoms with Crippen molar-refractivity contribution in [2.24, 2.45) is 0 Å². The van der Waals surface area contributed by atoms with Crippen LogP contribution in [0.4, 0.5) is 5.69 Å². The molecule has 1 aliphatic rings. The quantitative estimate of drug-likeness (QED) is 0.357. The Kier molecular flexibility index (Phi) is 5.39. The van der Waals surface area contributed by atoms with Crippen LogP contribution in [0.2, 0.25) is 0 Å². The first-order valence-electron chi connectivity index (χ1n) is 9.44. The van der Waals surface area contributed by atoms with E-state index in [9.17, 15) is 19.7 Å². The number of thiophene rings is 1. The molecule has 2 heterocycles. The van der Waals surface area contributed by atoms with Crippen LogP contribution < -0.4 is 5.56 Å². The number of nitro benzene ring substituents is 1. The molecule has 0 spiro atoms. The van der Waals surface area contributed by atoms with Gasteiger partial charge in [-0.3, -0.25) is 24.3 Å². The minimum Gasteiger partial charge on any atom is -0.461 e. The number of carbonyl (C=O) groups excluding carboxylic acids is 1. The lowest BCUT2D eigenvalue weighted by atomic mass is 9.98. The first-order chi connectivity index (χ1) is 14.0. The van der Waals surface area contributed by atoms with Gasteiger partial charge in [0.25, 0.3) is 11.2 Å². The van der Waals surface area contributed by atoms with E-state index in [2.05, 4.69) is 4.98 Å². The van der Waals surface area contributed by atoms with Crippen LogP contribution in [0.25, 0.3) is 21.3 Å². The van der Waals surface area contributed by atoms with Gasteiger partial charge in [0, 0.05) is 23.1 Å².